The number of esters is 1. The van der Waals surface area contributed by atoms with Crippen molar-refractivity contribution in [2.45, 2.75) is 232 Å². The maximum Gasteiger partial charge on any atom is 0.409 e. The number of primary amides is 1. The number of allylic oxidation sites excluding steroid dienone is 3. The Morgan fingerprint density at radius 1 is 0.929 bits per heavy atom. The minimum atomic E-state index is -1.88. The van der Waals surface area contributed by atoms with Gasteiger partial charge in [0.15, 0.2) is 12.0 Å². The number of carbonyl (C=O) groups is 9. The van der Waals surface area contributed by atoms with E-state index in [9.17, 15) is 48.3 Å². The van der Waals surface area contributed by atoms with Gasteiger partial charge in [-0.3, -0.25) is 29.3 Å². The van der Waals surface area contributed by atoms with Crippen LogP contribution in [0.15, 0.2) is 54.1 Å². The van der Waals surface area contributed by atoms with E-state index < -0.39 is 107 Å². The fourth-order valence-corrected chi connectivity index (χ4v) is 14.4. The molecule has 4 aliphatic rings. The first-order valence-electron chi connectivity index (χ1n) is 35.4. The molecule has 99 heavy (non-hydrogen) atoms. The number of hydrogen-bond acceptors (Lipinski definition) is 16. The van der Waals surface area contributed by atoms with Crippen LogP contribution in [0.1, 0.15) is 193 Å². The van der Waals surface area contributed by atoms with Crippen molar-refractivity contribution in [3.8, 4) is 11.5 Å². The van der Waals surface area contributed by atoms with Crippen molar-refractivity contribution >= 4 is 76.9 Å². The number of aldehydes is 1. The Morgan fingerprint density at radius 3 is 2.27 bits per heavy atom. The van der Waals surface area contributed by atoms with Gasteiger partial charge in [-0.05, 0) is 131 Å². The fraction of sp³-hybridized carbons (Fsp3) is 0.662. The highest BCUT2D eigenvalue weighted by molar-refractivity contribution is 6.35. The summed E-state index contributed by atoms with van der Waals surface area (Å²) in [4.78, 5) is 127. The van der Waals surface area contributed by atoms with Gasteiger partial charge in [-0.2, -0.15) is 0 Å². The summed E-state index contributed by atoms with van der Waals surface area (Å²) < 4.78 is 35.5. The first-order chi connectivity index (χ1) is 47.0. The smallest absolute Gasteiger partial charge is 0.409 e. The number of anilines is 2. The second-order valence-corrected chi connectivity index (χ2v) is 28.8. The molecule has 2 aromatic carbocycles. The minimum absolute atomic E-state index is 0.0297. The molecular formula is C74H111ClN8O16. The van der Waals surface area contributed by atoms with E-state index in [1.165, 1.54) is 84.1 Å². The molecule has 2 saturated carbocycles. The van der Waals surface area contributed by atoms with Crippen LogP contribution in [0.4, 0.5) is 21.0 Å². The lowest BCUT2D eigenvalue weighted by Gasteiger charge is -2.51. The monoisotopic (exact) mass is 1400 g/mol. The maximum atomic E-state index is 14.8. The van der Waals surface area contributed by atoms with Gasteiger partial charge in [0.25, 0.3) is 5.91 Å². The number of carbonyl (C=O) groups excluding carboxylic acids is 9. The number of amides is 8. The Morgan fingerprint density at radius 2 is 1.64 bits per heavy atom. The van der Waals surface area contributed by atoms with Gasteiger partial charge in [0.2, 0.25) is 23.6 Å². The highest BCUT2D eigenvalue weighted by Crippen LogP contribution is 2.72. The number of rotatable bonds is 34. The molecule has 8 amide bonds. The Kier molecular flexibility index (Phi) is 30.5. The lowest BCUT2D eigenvalue weighted by molar-refractivity contribution is -0.175. The summed E-state index contributed by atoms with van der Waals surface area (Å²) >= 11 is 6.90. The largest absolute Gasteiger partial charge is 0.497 e. The Balaban J connectivity index is 1.15. The molecule has 0 aromatic heterocycles. The van der Waals surface area contributed by atoms with Crippen molar-refractivity contribution in [1.29, 1.82) is 0 Å². The molecule has 6 rings (SSSR count). The molecule has 2 heterocycles. The van der Waals surface area contributed by atoms with E-state index in [0.717, 1.165) is 54.4 Å². The van der Waals surface area contributed by atoms with E-state index in [0.29, 0.717) is 62.0 Å². The SMILES string of the molecule is CCCCCCCCCC(C=O)(OCCCCCC(=O)N[C@H](C(=O)N[C@@H](CCCNC(N)=O)C(=O)Nc1cc(OC)ccc1C(=O)N(C)[C@@H](C)C(=O)O[C@H]1CC(=O)N(C)c2cc(cc(OC)c2Cl)C/C(C)=C/C=C/[C@@H](OC)[C@@]2(O)C[C@@H](C[C@H](C)[C@@H]1C)OC(=O)N2)C(C)C)C1(C)CC2CC21. The second-order valence-electron chi connectivity index (χ2n) is 28.4. The third-order valence-electron chi connectivity index (χ3n) is 20.8. The van der Waals surface area contributed by atoms with E-state index in [-0.39, 0.29) is 78.4 Å². The molecule has 4 unspecified atom stereocenters. The van der Waals surface area contributed by atoms with Crippen molar-refractivity contribution in [3.63, 3.8) is 0 Å². The maximum absolute atomic E-state index is 14.8. The number of ether oxygens (including phenoxy) is 6. The summed E-state index contributed by atoms with van der Waals surface area (Å²) in [6, 6.07) is 3.34. The van der Waals surface area contributed by atoms with Crippen molar-refractivity contribution in [2.75, 3.05) is 58.8 Å². The van der Waals surface area contributed by atoms with Crippen LogP contribution in [0.5, 0.6) is 11.5 Å². The van der Waals surface area contributed by atoms with Crippen LogP contribution in [-0.4, -0.2) is 160 Å². The molecule has 13 atom stereocenters. The predicted molar refractivity (Wildman–Crippen MR) is 378 cm³/mol. The number of nitrogens with two attached hydrogens (primary N) is 1. The van der Waals surface area contributed by atoms with Crippen LogP contribution < -0.4 is 46.7 Å². The van der Waals surface area contributed by atoms with Crippen molar-refractivity contribution in [3.05, 3.63) is 70.3 Å². The van der Waals surface area contributed by atoms with E-state index >= 15 is 0 Å². The summed E-state index contributed by atoms with van der Waals surface area (Å²) in [7, 11) is 7.18. The highest BCUT2D eigenvalue weighted by atomic mass is 35.5. The Hall–Kier alpha value is -7.28. The number of unbranched alkanes of at least 4 members (excludes halogenated alkanes) is 8. The molecular weight excluding hydrogens is 1290 g/mol. The molecule has 550 valence electrons. The average Bonchev–Trinajstić information content (AvgIpc) is 1.53. The van der Waals surface area contributed by atoms with E-state index in [1.807, 2.05) is 19.9 Å². The van der Waals surface area contributed by atoms with Crippen molar-refractivity contribution < 1.29 is 76.7 Å². The zero-order chi connectivity index (χ0) is 72.9. The molecule has 0 spiro atoms. The molecule has 2 aliphatic carbocycles. The van der Waals surface area contributed by atoms with Gasteiger partial charge in [-0.25, -0.2) is 14.4 Å². The van der Waals surface area contributed by atoms with Gasteiger partial charge in [0, 0.05) is 58.7 Å². The minimum Gasteiger partial charge on any atom is -0.497 e. The zero-order valence-electron chi connectivity index (χ0n) is 60.5. The van der Waals surface area contributed by atoms with Crippen molar-refractivity contribution in [1.82, 2.24) is 26.2 Å². The van der Waals surface area contributed by atoms with E-state index in [4.69, 9.17) is 45.8 Å². The fourth-order valence-electron chi connectivity index (χ4n) is 14.1. The molecule has 0 radical (unpaired) electrons. The van der Waals surface area contributed by atoms with Gasteiger partial charge in [-0.15, -0.1) is 0 Å². The van der Waals surface area contributed by atoms with Gasteiger partial charge >= 0.3 is 18.1 Å². The summed E-state index contributed by atoms with van der Waals surface area (Å²) in [5, 5.41) is 25.6. The van der Waals surface area contributed by atoms with Gasteiger partial charge in [0.05, 0.1) is 37.6 Å². The topological polar surface area (TPSA) is 322 Å². The number of nitrogens with zero attached hydrogens (tertiary/aromatic N) is 2. The first-order valence-corrected chi connectivity index (χ1v) is 35.8. The number of halogens is 1. The molecule has 8 N–H and O–H groups in total. The molecule has 2 aromatic rings. The van der Waals surface area contributed by atoms with Gasteiger partial charge < -0.3 is 75.1 Å². The summed E-state index contributed by atoms with van der Waals surface area (Å²) in [5.41, 5.74) is 4.31. The van der Waals surface area contributed by atoms with Crippen LogP contribution in [0.25, 0.3) is 0 Å². The molecule has 24 nitrogen and oxygen atoms in total. The Bertz CT molecular complexity index is 3200. The standard InChI is InChI=1S/C74H111ClN8O16/c1-14-15-16-17-18-19-22-32-73(44-84,72(8)42-51-39-55(51)72)97-34-23-20-21-29-62(85)80-65(45(2)3)67(88)78-56(27-25-33-77-70(76)91)66(87)79-57-40-52(94-11)30-31-54(57)68(89)82(9)49(7)69(90)99-59-41-63(86)83(10)58-37-50(38-60(95-12)64(58)75)35-46(4)26-24-28-61(96-13)74(93)43-53(98-71(92)81-74)36-47(5)48(59)6/h24,26,28,30-31,37-38,40,44-45,47-49,51,53,55-56,59,61,65,93H,14-23,25,27,29,32-36,39,41-43H2,1-13H3,(H,78,88)(H,79,87)(H,80,85)(H,81,92)(H3,76,77,91)/b28-24+,46-26+/t47-,48-,49-,51?,53+,55?,56-,59-,61+,65-,72?,73?,74-/m0/s1. The predicted octanol–water partition coefficient (Wildman–Crippen LogP) is 10.4. The lowest BCUT2D eigenvalue weighted by atomic mass is 9.58. The zero-order valence-corrected chi connectivity index (χ0v) is 61.3. The number of fused-ring (bicyclic) bond motifs is 5. The quantitative estimate of drug-likeness (QED) is 0.0195. The normalized spacial score (nSPS) is 25.4. The number of urea groups is 1. The molecule has 3 fully saturated rings. The van der Waals surface area contributed by atoms with E-state index in [2.05, 4.69) is 40.4 Å². The second kappa shape index (κ2) is 37.4. The number of benzene rings is 2. The highest BCUT2D eigenvalue weighted by Gasteiger charge is 2.69. The molecule has 25 heteroatoms. The third-order valence-corrected chi connectivity index (χ3v) is 21.2. The number of nitrogens with one attached hydrogen (secondary N) is 5. The Labute approximate surface area is 590 Å². The van der Waals surface area contributed by atoms with Gasteiger partial charge in [0.1, 0.15) is 58.6 Å². The molecule has 4 bridgehead atoms. The van der Waals surface area contributed by atoms with Gasteiger partial charge in [-0.1, -0.05) is 128 Å². The molecule has 2 aliphatic heterocycles. The van der Waals surface area contributed by atoms with Crippen LogP contribution in [0, 0.1) is 35.0 Å². The van der Waals surface area contributed by atoms with Crippen LogP contribution in [-0.2, 0) is 54.1 Å². The molecule has 1 saturated heterocycles. The van der Waals surface area contributed by atoms with Crippen LogP contribution in [0.2, 0.25) is 5.02 Å². The number of hydrogen-bond donors (Lipinski definition) is 7. The number of methoxy groups -OCH3 is 3. The lowest BCUT2D eigenvalue weighted by Crippen LogP contribution is -2.62. The summed E-state index contributed by atoms with van der Waals surface area (Å²) in [6.45, 7) is 15.4. The third kappa shape index (κ3) is 21.6. The number of aliphatic hydroxyl groups is 1. The van der Waals surface area contributed by atoms with Crippen LogP contribution in [0.3, 0.4) is 0 Å². The summed E-state index contributed by atoms with van der Waals surface area (Å²) in [6.07, 6.45) is 15.5. The summed E-state index contributed by atoms with van der Waals surface area (Å²) in [5.74, 6) is -3.64. The average molecular weight is 1400 g/mol. The number of alkyl carbamates (subject to hydrolysis) is 1. The number of likely N-dealkylation sites (N-methyl/N-ethyl adjacent to an activating group) is 1. The van der Waals surface area contributed by atoms with Crippen molar-refractivity contribution in [2.24, 2.45) is 40.7 Å². The first kappa shape index (κ1) is 80.7. The van der Waals surface area contributed by atoms with E-state index in [1.54, 1.807) is 52.1 Å². The van der Waals surface area contributed by atoms with Crippen LogP contribution >= 0.6 is 11.6 Å².